The zero-order chi connectivity index (χ0) is 11.1. The van der Waals surface area contributed by atoms with E-state index in [4.69, 9.17) is 0 Å². The van der Waals surface area contributed by atoms with Crippen LogP contribution >= 0.6 is 0 Å². The third-order valence-corrected chi connectivity index (χ3v) is 3.04. The first-order valence-electron chi connectivity index (χ1n) is 5.42. The van der Waals surface area contributed by atoms with Gasteiger partial charge in [0, 0.05) is 17.8 Å². The second kappa shape index (κ2) is 4.17. The van der Waals surface area contributed by atoms with E-state index in [0.29, 0.717) is 0 Å². The highest BCUT2D eigenvalue weighted by molar-refractivity contribution is 5.65. The molecule has 88 valence electrons. The third-order valence-electron chi connectivity index (χ3n) is 3.04. The summed E-state index contributed by atoms with van der Waals surface area (Å²) in [5, 5.41) is 0. The maximum absolute atomic E-state index is 11.7. The molecule has 0 spiro atoms. The molecule has 1 aliphatic rings. The number of aryl methyl sites for hydroxylation is 2. The van der Waals surface area contributed by atoms with Gasteiger partial charge in [-0.3, -0.25) is 4.57 Å². The van der Waals surface area contributed by atoms with Crippen LogP contribution in [0.25, 0.3) is 11.3 Å². The van der Waals surface area contributed by atoms with Crippen LogP contribution in [0.2, 0.25) is 0 Å². The van der Waals surface area contributed by atoms with Crippen LogP contribution < -0.4 is 5.69 Å². The molecule has 0 atom stereocenters. The Bertz CT molecular complexity index is 614. The van der Waals surface area contributed by atoms with Crippen molar-refractivity contribution in [3.8, 4) is 11.3 Å². The van der Waals surface area contributed by atoms with Crippen molar-refractivity contribution in [3.05, 3.63) is 52.1 Å². The van der Waals surface area contributed by atoms with E-state index in [1.54, 1.807) is 4.57 Å². The number of hydrogen-bond donors (Lipinski definition) is 0. The summed E-state index contributed by atoms with van der Waals surface area (Å²) in [6.07, 6.45) is 0.911. The molecule has 2 aromatic rings. The molecular formula is C14H16N2O. The van der Waals surface area contributed by atoms with E-state index in [2.05, 4.69) is 17.1 Å². The van der Waals surface area contributed by atoms with Gasteiger partial charge in [0.2, 0.25) is 0 Å². The van der Waals surface area contributed by atoms with E-state index in [0.717, 1.165) is 29.9 Å². The minimum absolute atomic E-state index is 0. The molecule has 3 rings (SSSR count). The molecule has 0 bridgehead atoms. The highest BCUT2D eigenvalue weighted by Crippen LogP contribution is 2.27. The van der Waals surface area contributed by atoms with Gasteiger partial charge in [-0.2, -0.15) is 4.98 Å². The van der Waals surface area contributed by atoms with Crippen molar-refractivity contribution in [1.29, 1.82) is 0 Å². The van der Waals surface area contributed by atoms with Gasteiger partial charge in [0.25, 0.3) is 0 Å². The predicted octanol–water partition coefficient (Wildman–Crippen LogP) is 2.41. The molecule has 1 aromatic heterocycles. The largest absolute Gasteiger partial charge is 0.348 e. The molecule has 0 aliphatic carbocycles. The summed E-state index contributed by atoms with van der Waals surface area (Å²) in [4.78, 5) is 15.7. The van der Waals surface area contributed by atoms with E-state index in [1.807, 2.05) is 25.1 Å². The summed E-state index contributed by atoms with van der Waals surface area (Å²) in [7, 11) is 0. The number of fused-ring (bicyclic) bond motifs is 3. The number of hydrogen-bond acceptors (Lipinski definition) is 2. The van der Waals surface area contributed by atoms with E-state index < -0.39 is 0 Å². The van der Waals surface area contributed by atoms with Crippen LogP contribution in [0.5, 0.6) is 0 Å². The van der Waals surface area contributed by atoms with Crippen LogP contribution in [-0.2, 0) is 13.0 Å². The molecule has 0 fully saturated rings. The molecule has 1 aromatic carbocycles. The van der Waals surface area contributed by atoms with Gasteiger partial charge in [-0.1, -0.05) is 31.7 Å². The Hall–Kier alpha value is -1.90. The van der Waals surface area contributed by atoms with Crippen LogP contribution in [0.1, 0.15) is 18.7 Å². The van der Waals surface area contributed by atoms with E-state index in [1.165, 1.54) is 5.56 Å². The highest BCUT2D eigenvalue weighted by atomic mass is 16.1. The van der Waals surface area contributed by atoms with Gasteiger partial charge in [0.1, 0.15) is 0 Å². The monoisotopic (exact) mass is 228 g/mol. The zero-order valence-corrected chi connectivity index (χ0v) is 9.10. The molecule has 3 nitrogen and oxygen atoms in total. The fourth-order valence-corrected chi connectivity index (χ4v) is 2.28. The summed E-state index contributed by atoms with van der Waals surface area (Å²) in [5.74, 6) is 0. The lowest BCUT2D eigenvalue weighted by Crippen LogP contribution is -2.28. The van der Waals surface area contributed by atoms with Gasteiger partial charge in [-0.05, 0) is 25.0 Å². The zero-order valence-electron chi connectivity index (χ0n) is 9.10. The molecule has 3 heteroatoms. The van der Waals surface area contributed by atoms with Crippen molar-refractivity contribution in [2.45, 2.75) is 27.3 Å². The van der Waals surface area contributed by atoms with Crippen LogP contribution in [-0.4, -0.2) is 9.55 Å². The summed E-state index contributed by atoms with van der Waals surface area (Å²) in [6.45, 7) is 2.60. The molecule has 2 heterocycles. The second-order valence-corrected chi connectivity index (χ2v) is 4.12. The molecule has 17 heavy (non-hydrogen) atoms. The smallest absolute Gasteiger partial charge is 0.292 e. The van der Waals surface area contributed by atoms with Gasteiger partial charge in [-0.25, -0.2) is 4.79 Å². The Morgan fingerprint density at radius 1 is 1.29 bits per heavy atom. The van der Waals surface area contributed by atoms with E-state index in [-0.39, 0.29) is 13.1 Å². The maximum Gasteiger partial charge on any atom is 0.348 e. The van der Waals surface area contributed by atoms with Crippen molar-refractivity contribution in [2.24, 2.45) is 0 Å². The molecule has 0 unspecified atom stereocenters. The molecule has 0 radical (unpaired) electrons. The van der Waals surface area contributed by atoms with Gasteiger partial charge >= 0.3 is 5.69 Å². The van der Waals surface area contributed by atoms with Crippen LogP contribution in [0.4, 0.5) is 0 Å². The first-order valence-corrected chi connectivity index (χ1v) is 5.42. The van der Waals surface area contributed by atoms with E-state index >= 15 is 0 Å². The molecular weight excluding hydrogens is 212 g/mol. The lowest BCUT2D eigenvalue weighted by molar-refractivity contribution is 0.637. The highest BCUT2D eigenvalue weighted by Gasteiger charge is 2.16. The average molecular weight is 228 g/mol. The fraction of sp³-hybridized carbons (Fsp3) is 0.286. The fourth-order valence-electron chi connectivity index (χ4n) is 2.28. The van der Waals surface area contributed by atoms with Crippen LogP contribution in [0, 0.1) is 6.92 Å². The summed E-state index contributed by atoms with van der Waals surface area (Å²) < 4.78 is 1.76. The SMILES string of the molecule is C.Cc1cc2n(c(=O)n1)CCc1ccccc1-2. The molecule has 0 N–H and O–H groups in total. The standard InChI is InChI=1S/C13H12N2O.CH4/c1-9-8-12-11-5-3-2-4-10(11)6-7-15(12)13(16)14-9;/h2-5,8H,6-7H2,1H3;1H4. The van der Waals surface area contributed by atoms with Crippen molar-refractivity contribution in [2.75, 3.05) is 0 Å². The first kappa shape index (κ1) is 11.6. The average Bonchev–Trinajstić information content (AvgIpc) is 2.28. The molecule has 1 aliphatic heterocycles. The van der Waals surface area contributed by atoms with Crippen molar-refractivity contribution < 1.29 is 0 Å². The lowest BCUT2D eigenvalue weighted by atomic mass is 9.98. The predicted molar refractivity (Wildman–Crippen MR) is 69.1 cm³/mol. The van der Waals surface area contributed by atoms with Gasteiger partial charge in [0.05, 0.1) is 5.69 Å². The quantitative estimate of drug-likeness (QED) is 0.694. The maximum atomic E-state index is 11.7. The molecule has 0 saturated carbocycles. The molecule has 0 saturated heterocycles. The summed E-state index contributed by atoms with van der Waals surface area (Å²) in [5.41, 5.74) is 4.13. The third kappa shape index (κ3) is 1.78. The number of nitrogens with zero attached hydrogens (tertiary/aromatic N) is 2. The number of benzene rings is 1. The van der Waals surface area contributed by atoms with Crippen LogP contribution in [0.15, 0.2) is 35.1 Å². The van der Waals surface area contributed by atoms with Gasteiger partial charge in [-0.15, -0.1) is 0 Å². The van der Waals surface area contributed by atoms with Gasteiger partial charge in [0.15, 0.2) is 0 Å². The Balaban J connectivity index is 0.00000108. The van der Waals surface area contributed by atoms with Crippen molar-refractivity contribution in [3.63, 3.8) is 0 Å². The normalized spacial score (nSPS) is 12.3. The minimum Gasteiger partial charge on any atom is -0.292 e. The summed E-state index contributed by atoms with van der Waals surface area (Å²) in [6, 6.07) is 10.2. The van der Waals surface area contributed by atoms with Crippen LogP contribution in [0.3, 0.4) is 0 Å². The number of aromatic nitrogens is 2. The van der Waals surface area contributed by atoms with Gasteiger partial charge < -0.3 is 0 Å². The molecule has 0 amide bonds. The number of rotatable bonds is 0. The lowest BCUT2D eigenvalue weighted by Gasteiger charge is -2.21. The summed E-state index contributed by atoms with van der Waals surface area (Å²) >= 11 is 0. The topological polar surface area (TPSA) is 34.9 Å². The van der Waals surface area contributed by atoms with E-state index in [9.17, 15) is 4.79 Å². The Labute approximate surface area is 101 Å². The Morgan fingerprint density at radius 3 is 2.88 bits per heavy atom. The van der Waals surface area contributed by atoms with Crippen molar-refractivity contribution in [1.82, 2.24) is 9.55 Å². The minimum atomic E-state index is -0.135. The Kier molecular flexibility index (Phi) is 2.84. The Morgan fingerprint density at radius 2 is 2.06 bits per heavy atom. The second-order valence-electron chi connectivity index (χ2n) is 4.12. The van der Waals surface area contributed by atoms with Crippen molar-refractivity contribution >= 4 is 0 Å². The first-order chi connectivity index (χ1) is 7.75.